The molecule has 0 fully saturated rings. The first-order valence-electron chi connectivity index (χ1n) is 7.23. The standard InChI is InChI=1S/C19H20/c1-2-15-11-12-16-7-3-4-8-17(16)13-14-18-9-5-6-10-19(15)18/h3-10,13-15H,2,11-12H2,1H3/b14-13-. The van der Waals surface area contributed by atoms with Crippen LogP contribution in [0.2, 0.25) is 0 Å². The fourth-order valence-electron chi connectivity index (χ4n) is 3.05. The second-order valence-electron chi connectivity index (χ2n) is 5.30. The lowest BCUT2D eigenvalue weighted by molar-refractivity contribution is 0.605. The van der Waals surface area contributed by atoms with Gasteiger partial charge in [0, 0.05) is 0 Å². The van der Waals surface area contributed by atoms with E-state index >= 15 is 0 Å². The first-order chi connectivity index (χ1) is 9.38. The predicted octanol–water partition coefficient (Wildman–Crippen LogP) is 5.30. The van der Waals surface area contributed by atoms with Gasteiger partial charge in [-0.1, -0.05) is 67.6 Å². The fraction of sp³-hybridized carbons (Fsp3) is 0.263. The summed E-state index contributed by atoms with van der Waals surface area (Å²) in [5, 5.41) is 0. The van der Waals surface area contributed by atoms with Crippen LogP contribution in [-0.4, -0.2) is 0 Å². The van der Waals surface area contributed by atoms with Crippen LogP contribution in [0.4, 0.5) is 0 Å². The topological polar surface area (TPSA) is 0 Å². The molecule has 1 aliphatic rings. The lowest BCUT2D eigenvalue weighted by atomic mass is 9.88. The molecule has 1 aliphatic carbocycles. The van der Waals surface area contributed by atoms with Crippen molar-refractivity contribution < 1.29 is 0 Å². The van der Waals surface area contributed by atoms with Gasteiger partial charge in [0.1, 0.15) is 0 Å². The Kier molecular flexibility index (Phi) is 3.50. The maximum Gasteiger partial charge on any atom is -0.0155 e. The maximum absolute atomic E-state index is 2.30. The average Bonchev–Trinajstić information content (AvgIpc) is 2.54. The van der Waals surface area contributed by atoms with E-state index < -0.39 is 0 Å². The molecule has 0 aliphatic heterocycles. The van der Waals surface area contributed by atoms with E-state index in [1.165, 1.54) is 41.5 Å². The van der Waals surface area contributed by atoms with Gasteiger partial charge in [-0.15, -0.1) is 0 Å². The van der Waals surface area contributed by atoms with Crippen molar-refractivity contribution in [2.75, 3.05) is 0 Å². The smallest absolute Gasteiger partial charge is 0.0155 e. The molecule has 0 aromatic heterocycles. The molecule has 19 heavy (non-hydrogen) atoms. The van der Waals surface area contributed by atoms with E-state index in [9.17, 15) is 0 Å². The first-order valence-corrected chi connectivity index (χ1v) is 7.23. The third kappa shape index (κ3) is 2.49. The van der Waals surface area contributed by atoms with Gasteiger partial charge in [-0.3, -0.25) is 0 Å². The van der Waals surface area contributed by atoms with Crippen molar-refractivity contribution in [1.82, 2.24) is 0 Å². The van der Waals surface area contributed by atoms with E-state index in [0.717, 1.165) is 0 Å². The molecule has 0 N–H and O–H groups in total. The van der Waals surface area contributed by atoms with Crippen molar-refractivity contribution in [2.24, 2.45) is 0 Å². The summed E-state index contributed by atoms with van der Waals surface area (Å²) in [7, 11) is 0. The van der Waals surface area contributed by atoms with Crippen molar-refractivity contribution >= 4 is 12.2 Å². The Balaban J connectivity index is 2.09. The summed E-state index contributed by atoms with van der Waals surface area (Å²) in [6, 6.07) is 17.6. The van der Waals surface area contributed by atoms with Gasteiger partial charge in [0.15, 0.2) is 0 Å². The zero-order valence-electron chi connectivity index (χ0n) is 11.5. The molecule has 0 saturated carbocycles. The van der Waals surface area contributed by atoms with Crippen molar-refractivity contribution in [2.45, 2.75) is 32.1 Å². The number of aryl methyl sites for hydroxylation is 1. The van der Waals surface area contributed by atoms with Crippen molar-refractivity contribution in [3.05, 3.63) is 70.8 Å². The van der Waals surface area contributed by atoms with Gasteiger partial charge < -0.3 is 0 Å². The Morgan fingerprint density at radius 1 is 0.895 bits per heavy atom. The van der Waals surface area contributed by atoms with Crippen LogP contribution in [-0.2, 0) is 6.42 Å². The Morgan fingerprint density at radius 3 is 2.42 bits per heavy atom. The molecule has 0 radical (unpaired) electrons. The van der Waals surface area contributed by atoms with Gasteiger partial charge >= 0.3 is 0 Å². The van der Waals surface area contributed by atoms with Crippen LogP contribution < -0.4 is 0 Å². The highest BCUT2D eigenvalue weighted by Gasteiger charge is 2.14. The van der Waals surface area contributed by atoms with Crippen LogP contribution >= 0.6 is 0 Å². The van der Waals surface area contributed by atoms with E-state index in [2.05, 4.69) is 67.6 Å². The van der Waals surface area contributed by atoms with E-state index in [1.54, 1.807) is 0 Å². The van der Waals surface area contributed by atoms with Crippen LogP contribution in [0.3, 0.4) is 0 Å². The van der Waals surface area contributed by atoms with Gasteiger partial charge in [0.25, 0.3) is 0 Å². The minimum Gasteiger partial charge on any atom is -0.0648 e. The average molecular weight is 248 g/mol. The first kappa shape index (κ1) is 12.2. The Morgan fingerprint density at radius 2 is 1.58 bits per heavy atom. The summed E-state index contributed by atoms with van der Waals surface area (Å²) in [4.78, 5) is 0. The van der Waals surface area contributed by atoms with Crippen LogP contribution in [0.15, 0.2) is 48.5 Å². The Labute approximate surface area is 115 Å². The molecule has 0 nitrogen and oxygen atoms in total. The normalized spacial score (nSPS) is 19.5. The maximum atomic E-state index is 2.30. The summed E-state index contributed by atoms with van der Waals surface area (Å²) >= 11 is 0. The monoisotopic (exact) mass is 248 g/mol. The zero-order chi connectivity index (χ0) is 13.1. The zero-order valence-corrected chi connectivity index (χ0v) is 11.5. The number of benzene rings is 2. The molecule has 96 valence electrons. The van der Waals surface area contributed by atoms with Gasteiger partial charge in [-0.2, -0.15) is 0 Å². The molecule has 3 rings (SSSR count). The largest absolute Gasteiger partial charge is 0.0648 e. The quantitative estimate of drug-likeness (QED) is 0.642. The molecule has 0 heterocycles. The molecule has 1 atom stereocenters. The van der Waals surface area contributed by atoms with Crippen LogP contribution in [0.5, 0.6) is 0 Å². The van der Waals surface area contributed by atoms with E-state index in [1.807, 2.05) is 0 Å². The molecule has 0 saturated heterocycles. The molecule has 0 bridgehead atoms. The second kappa shape index (κ2) is 5.44. The molecule has 2 aromatic carbocycles. The molecular formula is C19H20. The van der Waals surface area contributed by atoms with Gasteiger partial charge in [-0.05, 0) is 47.4 Å². The van der Waals surface area contributed by atoms with E-state index in [4.69, 9.17) is 0 Å². The lowest BCUT2D eigenvalue weighted by Gasteiger charge is -2.17. The highest BCUT2D eigenvalue weighted by molar-refractivity contribution is 5.73. The molecular weight excluding hydrogens is 228 g/mol. The van der Waals surface area contributed by atoms with Crippen molar-refractivity contribution in [3.63, 3.8) is 0 Å². The number of hydrogen-bond donors (Lipinski definition) is 0. The predicted molar refractivity (Wildman–Crippen MR) is 83.2 cm³/mol. The third-order valence-corrected chi connectivity index (χ3v) is 4.19. The summed E-state index contributed by atoms with van der Waals surface area (Å²) in [5.41, 5.74) is 5.74. The summed E-state index contributed by atoms with van der Waals surface area (Å²) in [6.07, 6.45) is 8.18. The molecule has 0 spiro atoms. The second-order valence-corrected chi connectivity index (χ2v) is 5.30. The molecule has 0 amide bonds. The minimum atomic E-state index is 0.673. The van der Waals surface area contributed by atoms with Gasteiger partial charge in [0.05, 0.1) is 0 Å². The van der Waals surface area contributed by atoms with E-state index in [-0.39, 0.29) is 0 Å². The van der Waals surface area contributed by atoms with Crippen LogP contribution in [0.1, 0.15) is 47.9 Å². The highest BCUT2D eigenvalue weighted by atomic mass is 14.2. The van der Waals surface area contributed by atoms with Crippen LogP contribution in [0.25, 0.3) is 12.2 Å². The summed E-state index contributed by atoms with van der Waals surface area (Å²) < 4.78 is 0. The molecule has 0 heteroatoms. The van der Waals surface area contributed by atoms with E-state index in [0.29, 0.717) is 5.92 Å². The van der Waals surface area contributed by atoms with Crippen molar-refractivity contribution in [1.29, 1.82) is 0 Å². The Hall–Kier alpha value is -1.82. The van der Waals surface area contributed by atoms with Crippen LogP contribution in [0, 0.1) is 0 Å². The van der Waals surface area contributed by atoms with Gasteiger partial charge in [0.2, 0.25) is 0 Å². The number of hydrogen-bond acceptors (Lipinski definition) is 0. The fourth-order valence-corrected chi connectivity index (χ4v) is 3.05. The minimum absolute atomic E-state index is 0.673. The Bertz CT molecular complexity index is 592. The summed E-state index contributed by atoms with van der Waals surface area (Å²) in [6.45, 7) is 2.30. The summed E-state index contributed by atoms with van der Waals surface area (Å²) in [5.74, 6) is 0.673. The molecule has 2 aromatic rings. The highest BCUT2D eigenvalue weighted by Crippen LogP contribution is 2.31. The van der Waals surface area contributed by atoms with Crippen molar-refractivity contribution in [3.8, 4) is 0 Å². The number of fused-ring (bicyclic) bond motifs is 2. The lowest BCUT2D eigenvalue weighted by Crippen LogP contribution is -2.01. The van der Waals surface area contributed by atoms with Gasteiger partial charge in [-0.25, -0.2) is 0 Å². The number of rotatable bonds is 1. The SMILES string of the molecule is CCC1CCc2ccccc2/C=C\c2ccccc21. The molecule has 1 unspecified atom stereocenters. The third-order valence-electron chi connectivity index (χ3n) is 4.19.